The second-order valence-corrected chi connectivity index (χ2v) is 7.62. The minimum Gasteiger partial charge on any atom is -0.493 e. The van der Waals surface area contributed by atoms with Crippen LogP contribution in [-0.4, -0.2) is 39.2 Å². The molecular formula is C23H28O6. The highest BCUT2D eigenvalue weighted by molar-refractivity contribution is 6.02. The van der Waals surface area contributed by atoms with Gasteiger partial charge in [-0.2, -0.15) is 0 Å². The standard InChI is InChI=1S/C23H28O6/c1-14(19(24)15-8-10-16(11-9-15)23(2,3)4)29-22(25)17-12-13-18(26-5)21(28-7)20(17)27-6/h8-14H,1-7H3/t14-/m1/s1. The minimum absolute atomic E-state index is 0.0103. The van der Waals surface area contributed by atoms with Gasteiger partial charge >= 0.3 is 5.97 Å². The molecule has 0 unspecified atom stereocenters. The van der Waals surface area contributed by atoms with Crippen molar-refractivity contribution in [2.75, 3.05) is 21.3 Å². The van der Waals surface area contributed by atoms with E-state index in [1.54, 1.807) is 25.1 Å². The van der Waals surface area contributed by atoms with Crippen molar-refractivity contribution in [1.29, 1.82) is 0 Å². The maximum Gasteiger partial charge on any atom is 0.342 e. The molecule has 0 fully saturated rings. The third-order valence-electron chi connectivity index (χ3n) is 4.61. The summed E-state index contributed by atoms with van der Waals surface area (Å²) in [7, 11) is 4.35. The Morgan fingerprint density at radius 3 is 1.90 bits per heavy atom. The van der Waals surface area contributed by atoms with Crippen molar-refractivity contribution in [3.63, 3.8) is 0 Å². The summed E-state index contributed by atoms with van der Waals surface area (Å²) in [5.41, 5.74) is 1.74. The molecule has 0 saturated heterocycles. The molecule has 156 valence electrons. The summed E-state index contributed by atoms with van der Waals surface area (Å²) in [6.07, 6.45) is -0.958. The fraction of sp³-hybridized carbons (Fsp3) is 0.391. The lowest BCUT2D eigenvalue weighted by Crippen LogP contribution is -2.25. The number of rotatable bonds is 7. The van der Waals surface area contributed by atoms with Gasteiger partial charge in [0.15, 0.2) is 17.6 Å². The average molecular weight is 400 g/mol. The highest BCUT2D eigenvalue weighted by Gasteiger charge is 2.26. The van der Waals surface area contributed by atoms with E-state index in [1.807, 2.05) is 12.1 Å². The number of carbonyl (C=O) groups excluding carboxylic acids is 2. The van der Waals surface area contributed by atoms with Crippen LogP contribution >= 0.6 is 0 Å². The quantitative estimate of drug-likeness (QED) is 0.505. The maximum atomic E-state index is 12.7. The van der Waals surface area contributed by atoms with Crippen LogP contribution in [0.1, 0.15) is 54.0 Å². The van der Waals surface area contributed by atoms with E-state index in [0.29, 0.717) is 11.3 Å². The number of carbonyl (C=O) groups is 2. The summed E-state index contributed by atoms with van der Waals surface area (Å²) < 4.78 is 21.2. The van der Waals surface area contributed by atoms with Gasteiger partial charge in [0.1, 0.15) is 5.56 Å². The molecule has 2 aromatic rings. The Morgan fingerprint density at radius 2 is 1.41 bits per heavy atom. The number of ketones is 1. The summed E-state index contributed by atoms with van der Waals surface area (Å²) in [4.78, 5) is 25.4. The van der Waals surface area contributed by atoms with E-state index in [0.717, 1.165) is 5.56 Å². The van der Waals surface area contributed by atoms with E-state index in [1.165, 1.54) is 27.4 Å². The normalized spacial score (nSPS) is 12.1. The molecule has 0 aromatic heterocycles. The van der Waals surface area contributed by atoms with Crippen LogP contribution in [0.2, 0.25) is 0 Å². The first-order chi connectivity index (χ1) is 13.6. The van der Waals surface area contributed by atoms with Gasteiger partial charge in [-0.15, -0.1) is 0 Å². The number of hydrogen-bond donors (Lipinski definition) is 0. The topological polar surface area (TPSA) is 71.1 Å². The van der Waals surface area contributed by atoms with Crippen molar-refractivity contribution in [2.45, 2.75) is 39.2 Å². The zero-order valence-electron chi connectivity index (χ0n) is 18.0. The fourth-order valence-electron chi connectivity index (χ4n) is 2.91. The van der Waals surface area contributed by atoms with Crippen LogP contribution in [-0.2, 0) is 10.2 Å². The van der Waals surface area contributed by atoms with Crippen LogP contribution in [0.5, 0.6) is 17.2 Å². The largest absolute Gasteiger partial charge is 0.493 e. The molecule has 0 N–H and O–H groups in total. The summed E-state index contributed by atoms with van der Waals surface area (Å²) in [5, 5.41) is 0. The summed E-state index contributed by atoms with van der Waals surface area (Å²) in [6, 6.07) is 10.4. The molecule has 0 aliphatic rings. The van der Waals surface area contributed by atoms with Gasteiger partial charge < -0.3 is 18.9 Å². The Hall–Kier alpha value is -3.02. The number of hydrogen-bond acceptors (Lipinski definition) is 6. The van der Waals surface area contributed by atoms with Crippen LogP contribution in [0.3, 0.4) is 0 Å². The van der Waals surface area contributed by atoms with Gasteiger partial charge in [0.2, 0.25) is 11.5 Å². The Balaban J connectivity index is 2.21. The molecule has 0 aliphatic heterocycles. The van der Waals surface area contributed by atoms with Crippen LogP contribution in [0, 0.1) is 0 Å². The van der Waals surface area contributed by atoms with Gasteiger partial charge in [0, 0.05) is 5.56 Å². The lowest BCUT2D eigenvalue weighted by Gasteiger charge is -2.19. The molecule has 0 heterocycles. The van der Waals surface area contributed by atoms with E-state index in [9.17, 15) is 9.59 Å². The Labute approximate surface area is 171 Å². The molecule has 6 heteroatoms. The van der Waals surface area contributed by atoms with E-state index in [-0.39, 0.29) is 28.3 Å². The van der Waals surface area contributed by atoms with E-state index < -0.39 is 12.1 Å². The second kappa shape index (κ2) is 8.99. The van der Waals surface area contributed by atoms with Gasteiger partial charge in [0.05, 0.1) is 21.3 Å². The molecule has 0 spiro atoms. The predicted molar refractivity (Wildman–Crippen MR) is 110 cm³/mol. The lowest BCUT2D eigenvalue weighted by molar-refractivity contribution is 0.0315. The predicted octanol–water partition coefficient (Wildman–Crippen LogP) is 4.44. The molecule has 6 nitrogen and oxygen atoms in total. The molecular weight excluding hydrogens is 372 g/mol. The summed E-state index contributed by atoms with van der Waals surface area (Å²) in [5.74, 6) is -0.0793. The molecule has 0 bridgehead atoms. The fourth-order valence-corrected chi connectivity index (χ4v) is 2.91. The number of ether oxygens (including phenoxy) is 4. The van der Waals surface area contributed by atoms with Gasteiger partial charge in [0.25, 0.3) is 0 Å². The Kier molecular flexibility index (Phi) is 6.90. The number of esters is 1. The van der Waals surface area contributed by atoms with Crippen molar-refractivity contribution in [3.8, 4) is 17.2 Å². The van der Waals surface area contributed by atoms with Gasteiger partial charge in [-0.1, -0.05) is 45.0 Å². The summed E-state index contributed by atoms with van der Waals surface area (Å²) >= 11 is 0. The third kappa shape index (κ3) is 4.88. The zero-order chi connectivity index (χ0) is 21.8. The van der Waals surface area contributed by atoms with Crippen molar-refractivity contribution in [3.05, 3.63) is 53.1 Å². The molecule has 2 aromatic carbocycles. The number of methoxy groups -OCH3 is 3. The minimum atomic E-state index is -0.958. The molecule has 2 rings (SSSR count). The highest BCUT2D eigenvalue weighted by Crippen LogP contribution is 2.40. The van der Waals surface area contributed by atoms with Gasteiger partial charge in [-0.25, -0.2) is 4.79 Å². The SMILES string of the molecule is COc1ccc(C(=O)O[C@H](C)C(=O)c2ccc(C(C)(C)C)cc2)c(OC)c1OC. The highest BCUT2D eigenvalue weighted by atomic mass is 16.6. The Morgan fingerprint density at radius 1 is 0.828 bits per heavy atom. The van der Waals surface area contributed by atoms with Crippen LogP contribution in [0.4, 0.5) is 0 Å². The molecule has 0 aliphatic carbocycles. The van der Waals surface area contributed by atoms with Crippen LogP contribution in [0.25, 0.3) is 0 Å². The first-order valence-electron chi connectivity index (χ1n) is 9.28. The smallest absolute Gasteiger partial charge is 0.342 e. The van der Waals surface area contributed by atoms with Gasteiger partial charge in [-0.05, 0) is 30.0 Å². The molecule has 29 heavy (non-hydrogen) atoms. The summed E-state index contributed by atoms with van der Waals surface area (Å²) in [6.45, 7) is 7.85. The third-order valence-corrected chi connectivity index (χ3v) is 4.61. The molecule has 0 saturated carbocycles. The van der Waals surface area contributed by atoms with E-state index in [2.05, 4.69) is 20.8 Å². The molecule has 0 radical (unpaired) electrons. The zero-order valence-corrected chi connectivity index (χ0v) is 18.0. The van der Waals surface area contributed by atoms with Gasteiger partial charge in [-0.3, -0.25) is 4.79 Å². The average Bonchev–Trinajstić information content (AvgIpc) is 2.71. The molecule has 1 atom stereocenters. The van der Waals surface area contributed by atoms with Crippen molar-refractivity contribution in [1.82, 2.24) is 0 Å². The van der Waals surface area contributed by atoms with Crippen molar-refractivity contribution < 1.29 is 28.5 Å². The van der Waals surface area contributed by atoms with Crippen molar-refractivity contribution in [2.24, 2.45) is 0 Å². The van der Waals surface area contributed by atoms with Crippen LogP contribution < -0.4 is 14.2 Å². The second-order valence-electron chi connectivity index (χ2n) is 7.62. The van der Waals surface area contributed by atoms with Crippen molar-refractivity contribution >= 4 is 11.8 Å². The van der Waals surface area contributed by atoms with Crippen LogP contribution in [0.15, 0.2) is 36.4 Å². The first-order valence-corrected chi connectivity index (χ1v) is 9.28. The first kappa shape index (κ1) is 22.3. The number of benzene rings is 2. The van der Waals surface area contributed by atoms with E-state index in [4.69, 9.17) is 18.9 Å². The monoisotopic (exact) mass is 400 g/mol. The van der Waals surface area contributed by atoms with E-state index >= 15 is 0 Å². The Bertz CT molecular complexity index is 877. The maximum absolute atomic E-state index is 12.7. The lowest BCUT2D eigenvalue weighted by atomic mass is 9.86. The molecule has 0 amide bonds. The number of Topliss-reactive ketones (excluding diaryl/α,β-unsaturated/α-hetero) is 1.